The molecule has 1 heterocycles. The van der Waals surface area contributed by atoms with Gasteiger partial charge in [0.15, 0.2) is 0 Å². The summed E-state index contributed by atoms with van der Waals surface area (Å²) in [6.45, 7) is 0. The molecule has 0 spiro atoms. The number of hydrogen-bond acceptors (Lipinski definition) is 1. The molecular formula is C9H5ClINO. The zero-order valence-electron chi connectivity index (χ0n) is 6.47. The van der Waals surface area contributed by atoms with E-state index in [4.69, 9.17) is 11.6 Å². The van der Waals surface area contributed by atoms with E-state index in [9.17, 15) is 4.79 Å². The molecule has 66 valence electrons. The minimum atomic E-state index is -0.0980. The van der Waals surface area contributed by atoms with Crippen LogP contribution in [0.2, 0.25) is 5.02 Å². The van der Waals surface area contributed by atoms with Crippen LogP contribution in [-0.2, 0) is 0 Å². The van der Waals surface area contributed by atoms with E-state index in [1.807, 2.05) is 12.1 Å². The fourth-order valence-electron chi connectivity index (χ4n) is 1.19. The predicted molar refractivity (Wildman–Crippen MR) is 62.3 cm³/mol. The van der Waals surface area contributed by atoms with E-state index in [1.54, 1.807) is 12.1 Å². The molecule has 2 aromatic rings. The molecule has 0 aliphatic carbocycles. The molecule has 1 aromatic heterocycles. The van der Waals surface area contributed by atoms with E-state index in [-0.39, 0.29) is 5.56 Å². The summed E-state index contributed by atoms with van der Waals surface area (Å²) in [6.07, 6.45) is 0. The molecular weight excluding hydrogens is 300 g/mol. The third-order valence-electron chi connectivity index (χ3n) is 1.75. The number of hydrogen-bond donors (Lipinski definition) is 1. The quantitative estimate of drug-likeness (QED) is 0.746. The van der Waals surface area contributed by atoms with Gasteiger partial charge in [-0.2, -0.15) is 0 Å². The Bertz CT molecular complexity index is 520. The minimum absolute atomic E-state index is 0.0980. The van der Waals surface area contributed by atoms with Gasteiger partial charge in [-0.25, -0.2) is 0 Å². The van der Waals surface area contributed by atoms with E-state index < -0.39 is 0 Å². The number of H-pyrrole nitrogens is 1. The van der Waals surface area contributed by atoms with Crippen molar-refractivity contribution in [3.05, 3.63) is 43.2 Å². The molecule has 0 saturated heterocycles. The fraction of sp³-hybridized carbons (Fsp3) is 0. The van der Waals surface area contributed by atoms with Crippen LogP contribution >= 0.6 is 34.2 Å². The first kappa shape index (κ1) is 9.02. The Kier molecular flexibility index (Phi) is 2.29. The third kappa shape index (κ3) is 1.71. The normalized spacial score (nSPS) is 10.6. The Labute approximate surface area is 93.1 Å². The second-order valence-corrected chi connectivity index (χ2v) is 4.27. The average molecular weight is 306 g/mol. The maximum Gasteiger partial charge on any atom is 0.249 e. The molecule has 13 heavy (non-hydrogen) atoms. The van der Waals surface area contributed by atoms with Gasteiger partial charge in [-0.3, -0.25) is 4.79 Å². The van der Waals surface area contributed by atoms with Crippen molar-refractivity contribution in [3.63, 3.8) is 0 Å². The first-order chi connectivity index (χ1) is 6.16. The lowest BCUT2D eigenvalue weighted by Crippen LogP contribution is -2.04. The second kappa shape index (κ2) is 3.31. The summed E-state index contributed by atoms with van der Waals surface area (Å²) >= 11 is 7.93. The molecule has 0 aliphatic rings. The topological polar surface area (TPSA) is 32.9 Å². The Morgan fingerprint density at radius 1 is 1.31 bits per heavy atom. The monoisotopic (exact) mass is 305 g/mol. The molecule has 2 nitrogen and oxygen atoms in total. The molecule has 0 unspecified atom stereocenters. The Balaban J connectivity index is 2.94. The molecule has 0 amide bonds. The van der Waals surface area contributed by atoms with Crippen LogP contribution in [0.4, 0.5) is 0 Å². The van der Waals surface area contributed by atoms with Crippen molar-refractivity contribution in [2.45, 2.75) is 0 Å². The number of aromatic nitrogens is 1. The zero-order valence-corrected chi connectivity index (χ0v) is 9.39. The maximum absolute atomic E-state index is 11.1. The van der Waals surface area contributed by atoms with Crippen molar-refractivity contribution in [2.75, 3.05) is 0 Å². The van der Waals surface area contributed by atoms with Crippen LogP contribution < -0.4 is 5.56 Å². The molecule has 2 rings (SSSR count). The highest BCUT2D eigenvalue weighted by Crippen LogP contribution is 2.20. The van der Waals surface area contributed by atoms with Gasteiger partial charge in [-0.15, -0.1) is 0 Å². The number of benzene rings is 1. The Morgan fingerprint density at radius 3 is 2.85 bits per heavy atom. The van der Waals surface area contributed by atoms with Crippen LogP contribution in [-0.4, -0.2) is 4.98 Å². The van der Waals surface area contributed by atoms with Crippen molar-refractivity contribution in [1.82, 2.24) is 4.98 Å². The van der Waals surface area contributed by atoms with Crippen molar-refractivity contribution in [1.29, 1.82) is 0 Å². The summed E-state index contributed by atoms with van der Waals surface area (Å²) in [5.41, 5.74) is 0.684. The number of aromatic amines is 1. The van der Waals surface area contributed by atoms with Crippen LogP contribution in [0.25, 0.3) is 10.9 Å². The highest BCUT2D eigenvalue weighted by atomic mass is 127. The Hall–Kier alpha value is -0.550. The van der Waals surface area contributed by atoms with Gasteiger partial charge in [0.25, 0.3) is 0 Å². The van der Waals surface area contributed by atoms with Crippen LogP contribution in [0, 0.1) is 3.57 Å². The van der Waals surface area contributed by atoms with E-state index in [0.29, 0.717) is 5.02 Å². The van der Waals surface area contributed by atoms with E-state index in [1.165, 1.54) is 0 Å². The number of nitrogens with one attached hydrogen (secondary N) is 1. The standard InChI is InChI=1S/C9H5ClINO/c10-5-1-2-6-7(11)4-9(13)12-8(6)3-5/h1-4H,(H,12,13). The summed E-state index contributed by atoms with van der Waals surface area (Å²) in [4.78, 5) is 13.8. The van der Waals surface area contributed by atoms with E-state index >= 15 is 0 Å². The van der Waals surface area contributed by atoms with Crippen LogP contribution in [0.5, 0.6) is 0 Å². The first-order valence-electron chi connectivity index (χ1n) is 3.65. The SMILES string of the molecule is O=c1cc(I)c2ccc(Cl)cc2[nH]1. The summed E-state index contributed by atoms with van der Waals surface area (Å²) in [6, 6.07) is 7.02. The van der Waals surface area contributed by atoms with Crippen molar-refractivity contribution < 1.29 is 0 Å². The van der Waals surface area contributed by atoms with Gasteiger partial charge in [0.05, 0.1) is 5.52 Å². The van der Waals surface area contributed by atoms with Crippen molar-refractivity contribution in [3.8, 4) is 0 Å². The number of rotatable bonds is 0. The van der Waals surface area contributed by atoms with Crippen molar-refractivity contribution in [2.24, 2.45) is 0 Å². The molecule has 0 fully saturated rings. The van der Waals surface area contributed by atoms with E-state index in [0.717, 1.165) is 14.5 Å². The van der Waals surface area contributed by atoms with Gasteiger partial charge < -0.3 is 4.98 Å². The summed E-state index contributed by atoms with van der Waals surface area (Å²) in [7, 11) is 0. The second-order valence-electron chi connectivity index (χ2n) is 2.67. The molecule has 4 heteroatoms. The molecule has 0 atom stereocenters. The molecule has 1 N–H and O–H groups in total. The summed E-state index contributed by atoms with van der Waals surface area (Å²) in [5.74, 6) is 0. The average Bonchev–Trinajstić information content (AvgIpc) is 2.02. The van der Waals surface area contributed by atoms with Crippen molar-refractivity contribution >= 4 is 45.1 Å². The lowest BCUT2D eigenvalue weighted by atomic mass is 10.2. The first-order valence-corrected chi connectivity index (χ1v) is 5.10. The maximum atomic E-state index is 11.1. The number of halogens is 2. The van der Waals surface area contributed by atoms with Gasteiger partial charge in [-0.1, -0.05) is 17.7 Å². The lowest BCUT2D eigenvalue weighted by Gasteiger charge is -1.99. The zero-order chi connectivity index (χ0) is 9.42. The van der Waals surface area contributed by atoms with Gasteiger partial charge in [-0.05, 0) is 34.7 Å². The molecule has 0 aliphatic heterocycles. The summed E-state index contributed by atoms with van der Waals surface area (Å²) < 4.78 is 0.938. The van der Waals surface area contributed by atoms with Gasteiger partial charge in [0, 0.05) is 20.0 Å². The number of pyridine rings is 1. The largest absolute Gasteiger partial charge is 0.322 e. The van der Waals surface area contributed by atoms with Gasteiger partial charge >= 0.3 is 0 Å². The highest BCUT2D eigenvalue weighted by molar-refractivity contribution is 14.1. The molecule has 1 aromatic carbocycles. The van der Waals surface area contributed by atoms with Crippen LogP contribution in [0.15, 0.2) is 29.1 Å². The smallest absolute Gasteiger partial charge is 0.249 e. The minimum Gasteiger partial charge on any atom is -0.322 e. The van der Waals surface area contributed by atoms with Gasteiger partial charge in [0.2, 0.25) is 5.56 Å². The summed E-state index contributed by atoms with van der Waals surface area (Å²) in [5, 5.41) is 1.65. The van der Waals surface area contributed by atoms with Crippen LogP contribution in [0.1, 0.15) is 0 Å². The van der Waals surface area contributed by atoms with E-state index in [2.05, 4.69) is 27.6 Å². The Morgan fingerprint density at radius 2 is 2.08 bits per heavy atom. The lowest BCUT2D eigenvalue weighted by molar-refractivity contribution is 1.30. The fourth-order valence-corrected chi connectivity index (χ4v) is 2.12. The molecule has 0 radical (unpaired) electrons. The van der Waals surface area contributed by atoms with Crippen LogP contribution in [0.3, 0.4) is 0 Å². The predicted octanol–water partition coefficient (Wildman–Crippen LogP) is 2.79. The molecule has 0 bridgehead atoms. The third-order valence-corrected chi connectivity index (χ3v) is 2.88. The highest BCUT2D eigenvalue weighted by Gasteiger charge is 2.00. The molecule has 0 saturated carbocycles. The van der Waals surface area contributed by atoms with Gasteiger partial charge in [0.1, 0.15) is 0 Å². The number of fused-ring (bicyclic) bond motifs is 1.